The second-order valence-corrected chi connectivity index (χ2v) is 5.34. The van der Waals surface area contributed by atoms with Crippen molar-refractivity contribution in [2.75, 3.05) is 20.1 Å². The summed E-state index contributed by atoms with van der Waals surface area (Å²) in [7, 11) is 1.98. The van der Waals surface area contributed by atoms with Gasteiger partial charge < -0.3 is 10.2 Å². The minimum absolute atomic E-state index is 0. The Morgan fingerprint density at radius 3 is 2.71 bits per heavy atom. The number of aryl methyl sites for hydroxylation is 1. The molecule has 0 saturated carbocycles. The first-order valence-electron chi connectivity index (χ1n) is 7.90. The third-order valence-corrected chi connectivity index (χ3v) is 3.40. The van der Waals surface area contributed by atoms with Gasteiger partial charge in [-0.05, 0) is 37.1 Å². The summed E-state index contributed by atoms with van der Waals surface area (Å²) in [5.74, 6) is 0.646. The minimum Gasteiger partial charge on any atom is -0.357 e. The highest BCUT2D eigenvalue weighted by Crippen LogP contribution is 2.06. The molecule has 1 aromatic carbocycles. The van der Waals surface area contributed by atoms with Gasteiger partial charge >= 0.3 is 0 Å². The zero-order valence-electron chi connectivity index (χ0n) is 14.2. The molecule has 24 heavy (non-hydrogen) atoms. The fraction of sp³-hybridized carbons (Fsp3) is 0.412. The lowest BCUT2D eigenvalue weighted by Crippen LogP contribution is -2.38. The minimum atomic E-state index is -0.212. The molecule has 2 rings (SSSR count). The van der Waals surface area contributed by atoms with E-state index in [1.54, 1.807) is 18.3 Å². The van der Waals surface area contributed by atoms with E-state index in [0.717, 1.165) is 37.6 Å². The van der Waals surface area contributed by atoms with E-state index in [9.17, 15) is 4.39 Å². The van der Waals surface area contributed by atoms with E-state index >= 15 is 0 Å². The van der Waals surface area contributed by atoms with Crippen LogP contribution >= 0.6 is 24.0 Å². The van der Waals surface area contributed by atoms with Crippen molar-refractivity contribution in [3.63, 3.8) is 0 Å². The average molecular weight is 445 g/mol. The van der Waals surface area contributed by atoms with Crippen molar-refractivity contribution in [1.29, 1.82) is 0 Å². The second-order valence-electron chi connectivity index (χ2n) is 5.34. The Labute approximate surface area is 160 Å². The zero-order valence-corrected chi connectivity index (χ0v) is 16.5. The van der Waals surface area contributed by atoms with Crippen molar-refractivity contribution in [1.82, 2.24) is 20.0 Å². The number of nitrogens with zero attached hydrogens (tertiary/aromatic N) is 4. The SMILES string of the molecule is CCNC(=NCCCn1cccn1)N(C)Cc1ccc(F)cc1.I. The van der Waals surface area contributed by atoms with Gasteiger partial charge in [0.25, 0.3) is 0 Å². The number of hydrogen-bond donors (Lipinski definition) is 1. The molecule has 2 aromatic rings. The number of hydrogen-bond acceptors (Lipinski definition) is 2. The monoisotopic (exact) mass is 445 g/mol. The van der Waals surface area contributed by atoms with E-state index in [2.05, 4.69) is 15.4 Å². The van der Waals surface area contributed by atoms with Gasteiger partial charge in [0.2, 0.25) is 0 Å². The Morgan fingerprint density at radius 1 is 1.33 bits per heavy atom. The quantitative estimate of drug-likeness (QED) is 0.308. The standard InChI is InChI=1S/C17H24FN5.HI/c1-3-19-17(20-10-4-12-23-13-5-11-21-23)22(2)14-15-6-8-16(18)9-7-15;/h5-9,11,13H,3-4,10,12,14H2,1-2H3,(H,19,20);1H. The van der Waals surface area contributed by atoms with Crippen molar-refractivity contribution in [3.8, 4) is 0 Å². The fourth-order valence-corrected chi connectivity index (χ4v) is 2.26. The molecule has 1 heterocycles. The van der Waals surface area contributed by atoms with Crippen LogP contribution in [0.15, 0.2) is 47.7 Å². The normalized spacial score (nSPS) is 11.0. The van der Waals surface area contributed by atoms with Crippen LogP contribution in [0.4, 0.5) is 4.39 Å². The molecule has 0 amide bonds. The summed E-state index contributed by atoms with van der Waals surface area (Å²) < 4.78 is 14.9. The summed E-state index contributed by atoms with van der Waals surface area (Å²) in [6.07, 6.45) is 4.67. The highest BCUT2D eigenvalue weighted by molar-refractivity contribution is 14.0. The van der Waals surface area contributed by atoms with Crippen molar-refractivity contribution < 1.29 is 4.39 Å². The molecule has 0 aliphatic rings. The summed E-state index contributed by atoms with van der Waals surface area (Å²) in [5.41, 5.74) is 1.05. The van der Waals surface area contributed by atoms with Crippen LogP contribution in [0.2, 0.25) is 0 Å². The number of aromatic nitrogens is 2. The molecule has 0 saturated heterocycles. The van der Waals surface area contributed by atoms with E-state index in [4.69, 9.17) is 0 Å². The summed E-state index contributed by atoms with van der Waals surface area (Å²) in [4.78, 5) is 6.69. The van der Waals surface area contributed by atoms with Crippen LogP contribution in [0.25, 0.3) is 0 Å². The van der Waals surface area contributed by atoms with Gasteiger partial charge in [0, 0.05) is 45.6 Å². The lowest BCUT2D eigenvalue weighted by atomic mass is 10.2. The van der Waals surface area contributed by atoms with E-state index in [1.165, 1.54) is 12.1 Å². The number of nitrogens with one attached hydrogen (secondary N) is 1. The van der Waals surface area contributed by atoms with Crippen LogP contribution in [0, 0.1) is 5.82 Å². The topological polar surface area (TPSA) is 45.5 Å². The Balaban J connectivity index is 0.00000288. The molecule has 0 radical (unpaired) electrons. The largest absolute Gasteiger partial charge is 0.357 e. The van der Waals surface area contributed by atoms with Crippen LogP contribution in [0.5, 0.6) is 0 Å². The molecule has 0 fully saturated rings. The van der Waals surface area contributed by atoms with Crippen LogP contribution in [0.1, 0.15) is 18.9 Å². The Bertz CT molecular complexity index is 598. The summed E-state index contributed by atoms with van der Waals surface area (Å²) >= 11 is 0. The van der Waals surface area contributed by atoms with Crippen LogP contribution in [-0.4, -0.2) is 40.8 Å². The van der Waals surface area contributed by atoms with Crippen LogP contribution in [0.3, 0.4) is 0 Å². The summed E-state index contributed by atoms with van der Waals surface area (Å²) in [6, 6.07) is 8.48. The van der Waals surface area contributed by atoms with Crippen LogP contribution in [-0.2, 0) is 13.1 Å². The number of aliphatic imine (C=N–C) groups is 1. The first-order chi connectivity index (χ1) is 11.2. The van der Waals surface area contributed by atoms with Gasteiger partial charge in [-0.2, -0.15) is 5.10 Å². The molecule has 0 unspecified atom stereocenters. The van der Waals surface area contributed by atoms with E-state index in [1.807, 2.05) is 35.8 Å². The van der Waals surface area contributed by atoms with E-state index < -0.39 is 0 Å². The predicted molar refractivity (Wildman–Crippen MR) is 106 cm³/mol. The second kappa shape index (κ2) is 11.0. The maximum Gasteiger partial charge on any atom is 0.193 e. The van der Waals surface area contributed by atoms with Crippen molar-refractivity contribution >= 4 is 29.9 Å². The maximum absolute atomic E-state index is 13.0. The first kappa shape index (κ1) is 20.4. The number of benzene rings is 1. The third-order valence-electron chi connectivity index (χ3n) is 3.40. The Morgan fingerprint density at radius 2 is 2.08 bits per heavy atom. The average Bonchev–Trinajstić information content (AvgIpc) is 3.06. The van der Waals surface area contributed by atoms with E-state index in [0.29, 0.717) is 6.54 Å². The smallest absolute Gasteiger partial charge is 0.193 e. The predicted octanol–water partition coefficient (Wildman–Crippen LogP) is 3.13. The number of halogens is 2. The molecule has 0 atom stereocenters. The molecular formula is C17H25FIN5. The van der Waals surface area contributed by atoms with E-state index in [-0.39, 0.29) is 29.8 Å². The molecule has 1 aromatic heterocycles. The molecule has 0 bridgehead atoms. The summed E-state index contributed by atoms with van der Waals surface area (Å²) in [6.45, 7) is 5.13. The molecule has 132 valence electrons. The fourth-order valence-electron chi connectivity index (χ4n) is 2.26. The molecule has 5 nitrogen and oxygen atoms in total. The molecule has 0 aliphatic heterocycles. The first-order valence-corrected chi connectivity index (χ1v) is 7.90. The molecule has 0 spiro atoms. The lowest BCUT2D eigenvalue weighted by Gasteiger charge is -2.22. The number of guanidine groups is 1. The van der Waals surface area contributed by atoms with Crippen molar-refractivity contribution in [2.45, 2.75) is 26.4 Å². The van der Waals surface area contributed by atoms with Gasteiger partial charge in [0.15, 0.2) is 5.96 Å². The van der Waals surface area contributed by atoms with Gasteiger partial charge in [0.05, 0.1) is 0 Å². The van der Waals surface area contributed by atoms with Crippen LogP contribution < -0.4 is 5.32 Å². The molecule has 0 aliphatic carbocycles. The molecule has 1 N–H and O–H groups in total. The highest BCUT2D eigenvalue weighted by atomic mass is 127. The molecule has 7 heteroatoms. The van der Waals surface area contributed by atoms with Gasteiger partial charge in [-0.3, -0.25) is 9.67 Å². The highest BCUT2D eigenvalue weighted by Gasteiger charge is 2.06. The lowest BCUT2D eigenvalue weighted by molar-refractivity contribution is 0.474. The van der Waals surface area contributed by atoms with Gasteiger partial charge in [0.1, 0.15) is 5.82 Å². The third kappa shape index (κ3) is 6.86. The van der Waals surface area contributed by atoms with Gasteiger partial charge in [-0.25, -0.2) is 4.39 Å². The Hall–Kier alpha value is -1.64. The van der Waals surface area contributed by atoms with Gasteiger partial charge in [-0.15, -0.1) is 24.0 Å². The summed E-state index contributed by atoms with van der Waals surface area (Å²) in [5, 5.41) is 7.47. The molecular weight excluding hydrogens is 420 g/mol. The van der Waals surface area contributed by atoms with Crippen molar-refractivity contribution in [2.24, 2.45) is 4.99 Å². The van der Waals surface area contributed by atoms with Crippen molar-refractivity contribution in [3.05, 3.63) is 54.1 Å². The Kier molecular flexibility index (Phi) is 9.36. The number of rotatable bonds is 7. The maximum atomic E-state index is 13.0. The van der Waals surface area contributed by atoms with Gasteiger partial charge in [-0.1, -0.05) is 12.1 Å². The zero-order chi connectivity index (χ0) is 16.5.